The van der Waals surface area contributed by atoms with Gasteiger partial charge in [-0.25, -0.2) is 9.48 Å². The van der Waals surface area contributed by atoms with Gasteiger partial charge in [-0.1, -0.05) is 77.8 Å². The van der Waals surface area contributed by atoms with Gasteiger partial charge in [-0.2, -0.15) is 0 Å². The summed E-state index contributed by atoms with van der Waals surface area (Å²) < 4.78 is 9.52. The van der Waals surface area contributed by atoms with Gasteiger partial charge >= 0.3 is 5.97 Å². The van der Waals surface area contributed by atoms with Gasteiger partial charge in [0.15, 0.2) is 5.78 Å². The number of fused-ring (bicyclic) bond motifs is 1. The van der Waals surface area contributed by atoms with Crippen molar-refractivity contribution in [3.05, 3.63) is 128 Å². The molecule has 5 aromatic rings. The number of aromatic amines is 1. The van der Waals surface area contributed by atoms with Crippen molar-refractivity contribution < 1.29 is 14.3 Å². The first-order chi connectivity index (χ1) is 20.1. The third-order valence-corrected chi connectivity index (χ3v) is 8.59. The van der Waals surface area contributed by atoms with Crippen molar-refractivity contribution in [2.45, 2.75) is 33.1 Å². The zero-order valence-electron chi connectivity index (χ0n) is 23.8. The Balaban J connectivity index is 1.71. The molecule has 1 aliphatic rings. The fourth-order valence-electron chi connectivity index (χ4n) is 6.08. The van der Waals surface area contributed by atoms with Gasteiger partial charge in [-0.05, 0) is 60.4 Å². The zero-order chi connectivity index (χ0) is 29.8. The zero-order valence-corrected chi connectivity index (χ0v) is 25.4. The van der Waals surface area contributed by atoms with E-state index in [1.54, 1.807) is 12.1 Å². The minimum Gasteiger partial charge on any atom is -0.464 e. The number of hydrogen-bond donors (Lipinski definition) is 1. The Morgan fingerprint density at radius 3 is 2.26 bits per heavy atom. The second-order valence-corrected chi connectivity index (χ2v) is 12.3. The van der Waals surface area contributed by atoms with Gasteiger partial charge in [0.2, 0.25) is 0 Å². The molecule has 0 saturated carbocycles. The lowest BCUT2D eigenvalue weighted by Gasteiger charge is -2.38. The van der Waals surface area contributed by atoms with Crippen LogP contribution in [0.1, 0.15) is 63.9 Å². The Hall–Kier alpha value is -4.43. The van der Waals surface area contributed by atoms with Gasteiger partial charge in [-0.3, -0.25) is 14.7 Å². The largest absolute Gasteiger partial charge is 0.464 e. The number of methoxy groups -OCH3 is 1. The van der Waals surface area contributed by atoms with Gasteiger partial charge in [-0.15, -0.1) is 0 Å². The van der Waals surface area contributed by atoms with E-state index in [2.05, 4.69) is 25.6 Å². The average molecular weight is 625 g/mol. The van der Waals surface area contributed by atoms with E-state index < -0.39 is 17.3 Å². The fraction of sp³-hybridized carbons (Fsp3) is 0.206. The summed E-state index contributed by atoms with van der Waals surface area (Å²) in [6.07, 6.45) is 0.207. The van der Waals surface area contributed by atoms with E-state index in [-0.39, 0.29) is 29.0 Å². The van der Waals surface area contributed by atoms with Crippen molar-refractivity contribution in [2.24, 2.45) is 5.41 Å². The number of nitrogens with one attached hydrogen (secondary N) is 1. The first-order valence-corrected chi connectivity index (χ1v) is 14.5. The van der Waals surface area contributed by atoms with Gasteiger partial charge in [0.05, 0.1) is 24.1 Å². The summed E-state index contributed by atoms with van der Waals surface area (Å²) in [6.45, 7) is 5.98. The fourth-order valence-corrected chi connectivity index (χ4v) is 6.35. The molecule has 6 rings (SSSR count). The van der Waals surface area contributed by atoms with E-state index in [1.807, 2.05) is 93.6 Å². The summed E-state index contributed by atoms with van der Waals surface area (Å²) >= 11 is 3.54. The molecule has 1 N–H and O–H groups in total. The van der Waals surface area contributed by atoms with Crippen molar-refractivity contribution >= 4 is 27.7 Å². The molecule has 0 radical (unpaired) electrons. The number of esters is 1. The number of Topliss-reactive ketones (excluding diaryl/α,β-unsaturated/α-hetero) is 1. The Kier molecular flexibility index (Phi) is 6.89. The monoisotopic (exact) mass is 623 g/mol. The molecule has 0 fully saturated rings. The number of H-pyrrole nitrogens is 1. The maximum atomic E-state index is 14.3. The van der Waals surface area contributed by atoms with Crippen LogP contribution in [0.4, 0.5) is 0 Å². The number of carbonyl (C=O) groups excluding carboxylic acids is 2. The van der Waals surface area contributed by atoms with E-state index >= 15 is 0 Å². The van der Waals surface area contributed by atoms with E-state index in [1.165, 1.54) is 11.8 Å². The van der Waals surface area contributed by atoms with Crippen molar-refractivity contribution in [2.75, 3.05) is 7.11 Å². The molecular weight excluding hydrogens is 594 g/mol. The molecule has 42 heavy (non-hydrogen) atoms. The van der Waals surface area contributed by atoms with Gasteiger partial charge in [0.25, 0.3) is 5.56 Å². The van der Waals surface area contributed by atoms with Gasteiger partial charge in [0, 0.05) is 33.8 Å². The van der Waals surface area contributed by atoms with Crippen molar-refractivity contribution in [3.8, 4) is 22.6 Å². The molecule has 0 aliphatic heterocycles. The standard InChI is InChI=1S/C34H30BrN3O4/c1-20-10-12-21(13-11-20)26-18-25-27(39)19-34(2,3)29(31(25)37(26)23-16-14-22(35)15-17-23)28-30(33(41)42-4)36-38(32(28)40)24-8-6-5-7-9-24/h5-18,29,36H,19H2,1-4H3. The molecule has 1 unspecified atom stereocenters. The minimum atomic E-state index is -0.710. The molecule has 0 bridgehead atoms. The highest BCUT2D eigenvalue weighted by Gasteiger charge is 2.47. The summed E-state index contributed by atoms with van der Waals surface area (Å²) in [5.74, 6) is -1.27. The highest BCUT2D eigenvalue weighted by Crippen LogP contribution is 2.51. The third kappa shape index (κ3) is 4.56. The number of aromatic nitrogens is 3. The molecule has 7 nitrogen and oxygen atoms in total. The Labute approximate surface area is 251 Å². The van der Waals surface area contributed by atoms with Crippen molar-refractivity contribution in [1.29, 1.82) is 0 Å². The van der Waals surface area contributed by atoms with Crippen LogP contribution in [0.25, 0.3) is 22.6 Å². The SMILES string of the molecule is COC(=O)c1[nH]n(-c2ccccc2)c(=O)c1C1c2c(cc(-c3ccc(C)cc3)n2-c2ccc(Br)cc2)C(=O)CC1(C)C. The van der Waals surface area contributed by atoms with Crippen LogP contribution in [0.5, 0.6) is 0 Å². The molecule has 212 valence electrons. The molecule has 0 amide bonds. The number of hydrogen-bond acceptors (Lipinski definition) is 4. The average Bonchev–Trinajstić information content (AvgIpc) is 3.53. The lowest BCUT2D eigenvalue weighted by molar-refractivity contribution is 0.0591. The molecule has 0 saturated heterocycles. The van der Waals surface area contributed by atoms with Crippen LogP contribution in [0, 0.1) is 12.3 Å². The van der Waals surface area contributed by atoms with Crippen LogP contribution in [-0.2, 0) is 4.74 Å². The Bertz CT molecular complexity index is 1880. The first kappa shape index (κ1) is 27.7. The summed E-state index contributed by atoms with van der Waals surface area (Å²) in [7, 11) is 1.30. The summed E-state index contributed by atoms with van der Waals surface area (Å²) in [5, 5.41) is 3.03. The highest BCUT2D eigenvalue weighted by atomic mass is 79.9. The highest BCUT2D eigenvalue weighted by molar-refractivity contribution is 9.10. The van der Waals surface area contributed by atoms with E-state index in [0.717, 1.165) is 27.0 Å². The molecule has 0 spiro atoms. The number of para-hydroxylation sites is 1. The predicted molar refractivity (Wildman–Crippen MR) is 166 cm³/mol. The molecule has 2 aromatic heterocycles. The molecule has 3 aromatic carbocycles. The number of ketones is 1. The van der Waals surface area contributed by atoms with E-state index in [9.17, 15) is 14.4 Å². The lowest BCUT2D eigenvalue weighted by atomic mass is 9.65. The van der Waals surface area contributed by atoms with E-state index in [0.29, 0.717) is 16.9 Å². The number of carbonyl (C=O) groups is 2. The Morgan fingerprint density at radius 2 is 1.62 bits per heavy atom. The van der Waals surface area contributed by atoms with Crippen LogP contribution >= 0.6 is 15.9 Å². The van der Waals surface area contributed by atoms with Crippen LogP contribution in [0.15, 0.2) is 94.2 Å². The summed E-state index contributed by atoms with van der Waals surface area (Å²) in [6, 6.07) is 27.0. The quantitative estimate of drug-likeness (QED) is 0.209. The van der Waals surface area contributed by atoms with Gasteiger partial charge < -0.3 is 9.30 Å². The summed E-state index contributed by atoms with van der Waals surface area (Å²) in [4.78, 5) is 41.3. The molecule has 2 heterocycles. The molecule has 1 atom stereocenters. The van der Waals surface area contributed by atoms with Crippen molar-refractivity contribution in [3.63, 3.8) is 0 Å². The Morgan fingerprint density at radius 1 is 0.952 bits per heavy atom. The summed E-state index contributed by atoms with van der Waals surface area (Å²) in [5.41, 5.74) is 4.81. The number of nitrogens with zero attached hydrogens (tertiary/aromatic N) is 2. The topological polar surface area (TPSA) is 86.1 Å². The van der Waals surface area contributed by atoms with E-state index in [4.69, 9.17) is 4.74 Å². The normalized spacial score (nSPS) is 15.8. The molecule has 8 heteroatoms. The van der Waals surface area contributed by atoms with Crippen LogP contribution in [-0.4, -0.2) is 33.2 Å². The van der Waals surface area contributed by atoms with Crippen LogP contribution in [0.3, 0.4) is 0 Å². The maximum absolute atomic E-state index is 14.3. The predicted octanol–water partition coefficient (Wildman–Crippen LogP) is 7.23. The van der Waals surface area contributed by atoms with Crippen molar-refractivity contribution in [1.82, 2.24) is 14.3 Å². The molecular formula is C34H30BrN3O4. The number of rotatable bonds is 5. The van der Waals surface area contributed by atoms with Crippen LogP contribution in [0.2, 0.25) is 0 Å². The second kappa shape index (κ2) is 10.4. The van der Waals surface area contributed by atoms with Crippen LogP contribution < -0.4 is 5.56 Å². The third-order valence-electron chi connectivity index (χ3n) is 8.06. The molecule has 1 aliphatic carbocycles. The first-order valence-electron chi connectivity index (χ1n) is 13.7. The number of benzene rings is 3. The second-order valence-electron chi connectivity index (χ2n) is 11.4. The minimum absolute atomic E-state index is 0.00554. The number of aryl methyl sites for hydroxylation is 1. The number of halogens is 1. The maximum Gasteiger partial charge on any atom is 0.356 e. The lowest BCUT2D eigenvalue weighted by Crippen LogP contribution is -2.37. The smallest absolute Gasteiger partial charge is 0.356 e. The number of ether oxygens (including phenoxy) is 1. The van der Waals surface area contributed by atoms with Gasteiger partial charge in [0.1, 0.15) is 5.69 Å².